The SMILES string of the molecule is CC(C)(C)C(=O)Nc1ccc(N2CCN(CC(=O)NCc3ccccc3)CC2)cc1C(=O)O. The number of carboxylic acid groups (broad SMARTS) is 1. The summed E-state index contributed by atoms with van der Waals surface area (Å²) >= 11 is 0. The third-order valence-corrected chi connectivity index (χ3v) is 5.60. The van der Waals surface area contributed by atoms with Crippen LogP contribution in [0.3, 0.4) is 0 Å². The van der Waals surface area contributed by atoms with Crippen molar-refractivity contribution in [1.82, 2.24) is 10.2 Å². The minimum Gasteiger partial charge on any atom is -0.478 e. The average Bonchev–Trinajstić information content (AvgIpc) is 2.78. The number of benzene rings is 2. The lowest BCUT2D eigenvalue weighted by Gasteiger charge is -2.36. The summed E-state index contributed by atoms with van der Waals surface area (Å²) in [6.07, 6.45) is 0. The first-order chi connectivity index (χ1) is 15.6. The van der Waals surface area contributed by atoms with Gasteiger partial charge in [-0.3, -0.25) is 14.5 Å². The monoisotopic (exact) mass is 452 g/mol. The second kappa shape index (κ2) is 10.5. The van der Waals surface area contributed by atoms with Crippen LogP contribution in [-0.2, 0) is 16.1 Å². The molecule has 2 amide bonds. The van der Waals surface area contributed by atoms with E-state index in [1.165, 1.54) is 0 Å². The highest BCUT2D eigenvalue weighted by atomic mass is 16.4. The number of nitrogens with zero attached hydrogens (tertiary/aromatic N) is 2. The molecule has 1 aliphatic heterocycles. The number of anilines is 2. The molecule has 1 fully saturated rings. The molecule has 0 bridgehead atoms. The molecule has 2 aromatic rings. The summed E-state index contributed by atoms with van der Waals surface area (Å²) in [5, 5.41) is 15.3. The summed E-state index contributed by atoms with van der Waals surface area (Å²) in [6.45, 7) is 8.93. The van der Waals surface area contributed by atoms with Crippen molar-refractivity contribution in [1.29, 1.82) is 0 Å². The summed E-state index contributed by atoms with van der Waals surface area (Å²) < 4.78 is 0. The lowest BCUT2D eigenvalue weighted by molar-refractivity contribution is -0.123. The summed E-state index contributed by atoms with van der Waals surface area (Å²) in [4.78, 5) is 40.6. The van der Waals surface area contributed by atoms with Crippen molar-refractivity contribution in [2.75, 3.05) is 42.9 Å². The Morgan fingerprint density at radius 2 is 1.64 bits per heavy atom. The maximum atomic E-state index is 12.3. The van der Waals surface area contributed by atoms with E-state index in [1.807, 2.05) is 36.4 Å². The molecular formula is C25H32N4O4. The number of hydrogen-bond donors (Lipinski definition) is 3. The maximum absolute atomic E-state index is 12.3. The Morgan fingerprint density at radius 3 is 2.24 bits per heavy atom. The molecule has 0 aliphatic carbocycles. The number of carbonyl (C=O) groups is 3. The number of carboxylic acids is 1. The Morgan fingerprint density at radius 1 is 0.970 bits per heavy atom. The first-order valence-corrected chi connectivity index (χ1v) is 11.1. The molecule has 8 heteroatoms. The average molecular weight is 453 g/mol. The number of nitrogens with one attached hydrogen (secondary N) is 2. The Hall–Kier alpha value is -3.39. The molecule has 1 aliphatic rings. The Bertz CT molecular complexity index is 993. The van der Waals surface area contributed by atoms with Gasteiger partial charge in [0.25, 0.3) is 0 Å². The van der Waals surface area contributed by atoms with Gasteiger partial charge in [-0.05, 0) is 23.8 Å². The highest BCUT2D eigenvalue weighted by molar-refractivity contribution is 6.02. The van der Waals surface area contributed by atoms with E-state index in [4.69, 9.17) is 0 Å². The summed E-state index contributed by atoms with van der Waals surface area (Å²) in [5.74, 6) is -1.34. The van der Waals surface area contributed by atoms with Crippen molar-refractivity contribution in [2.24, 2.45) is 5.41 Å². The summed E-state index contributed by atoms with van der Waals surface area (Å²) in [7, 11) is 0. The van der Waals surface area contributed by atoms with Crippen LogP contribution >= 0.6 is 0 Å². The fourth-order valence-electron chi connectivity index (χ4n) is 3.54. The first-order valence-electron chi connectivity index (χ1n) is 11.1. The molecule has 1 saturated heterocycles. The van der Waals surface area contributed by atoms with Crippen LogP contribution < -0.4 is 15.5 Å². The minimum absolute atomic E-state index is 0.0144. The lowest BCUT2D eigenvalue weighted by Crippen LogP contribution is -2.49. The number of hydrogen-bond acceptors (Lipinski definition) is 5. The predicted octanol–water partition coefficient (Wildman–Crippen LogP) is 2.81. The van der Waals surface area contributed by atoms with Crippen molar-refractivity contribution >= 4 is 29.2 Å². The zero-order valence-corrected chi connectivity index (χ0v) is 19.4. The third-order valence-electron chi connectivity index (χ3n) is 5.60. The van der Waals surface area contributed by atoms with Crippen LogP contribution in [0.4, 0.5) is 11.4 Å². The fraction of sp³-hybridized carbons (Fsp3) is 0.400. The molecule has 2 aromatic carbocycles. The van der Waals surface area contributed by atoms with Gasteiger partial charge in [0.15, 0.2) is 0 Å². The second-order valence-corrected chi connectivity index (χ2v) is 9.26. The van der Waals surface area contributed by atoms with Gasteiger partial charge in [-0.1, -0.05) is 51.1 Å². The van der Waals surface area contributed by atoms with Crippen molar-refractivity contribution in [3.8, 4) is 0 Å². The van der Waals surface area contributed by atoms with Gasteiger partial charge in [0.2, 0.25) is 11.8 Å². The molecule has 8 nitrogen and oxygen atoms in total. The first kappa shape index (κ1) is 24.3. The molecule has 0 saturated carbocycles. The summed E-state index contributed by atoms with van der Waals surface area (Å²) in [5.41, 5.74) is 1.58. The molecule has 1 heterocycles. The molecule has 0 spiro atoms. The number of carbonyl (C=O) groups excluding carboxylic acids is 2. The minimum atomic E-state index is -1.09. The second-order valence-electron chi connectivity index (χ2n) is 9.26. The Kier molecular flexibility index (Phi) is 7.71. The molecule has 176 valence electrons. The molecule has 0 aromatic heterocycles. The van der Waals surface area contributed by atoms with E-state index in [0.29, 0.717) is 45.0 Å². The largest absolute Gasteiger partial charge is 0.478 e. The van der Waals surface area contributed by atoms with E-state index in [2.05, 4.69) is 20.4 Å². The summed E-state index contributed by atoms with van der Waals surface area (Å²) in [6, 6.07) is 14.9. The zero-order valence-electron chi connectivity index (χ0n) is 19.4. The van der Waals surface area contributed by atoms with Crippen molar-refractivity contribution in [3.05, 3.63) is 59.7 Å². The van der Waals surface area contributed by atoms with Gasteiger partial charge in [-0.25, -0.2) is 4.79 Å². The highest BCUT2D eigenvalue weighted by Gasteiger charge is 2.25. The van der Waals surface area contributed by atoms with E-state index in [0.717, 1.165) is 11.3 Å². The van der Waals surface area contributed by atoms with Crippen molar-refractivity contribution in [3.63, 3.8) is 0 Å². The van der Waals surface area contributed by atoms with Crippen molar-refractivity contribution < 1.29 is 19.5 Å². The van der Waals surface area contributed by atoms with Gasteiger partial charge in [-0.15, -0.1) is 0 Å². The van der Waals surface area contributed by atoms with Crippen LogP contribution in [0.2, 0.25) is 0 Å². The Labute approximate surface area is 194 Å². The molecular weight excluding hydrogens is 420 g/mol. The number of amides is 2. The zero-order chi connectivity index (χ0) is 24.0. The van der Waals surface area contributed by atoms with Crippen LogP contribution in [-0.4, -0.2) is 60.5 Å². The van der Waals surface area contributed by atoms with Gasteiger partial charge < -0.3 is 20.6 Å². The van der Waals surface area contributed by atoms with Gasteiger partial charge in [0, 0.05) is 43.8 Å². The maximum Gasteiger partial charge on any atom is 0.337 e. The van der Waals surface area contributed by atoms with E-state index in [-0.39, 0.29) is 17.4 Å². The molecule has 0 unspecified atom stereocenters. The topological polar surface area (TPSA) is 102 Å². The molecule has 0 radical (unpaired) electrons. The number of rotatable bonds is 7. The third kappa shape index (κ3) is 6.79. The number of aromatic carboxylic acids is 1. The van der Waals surface area contributed by atoms with Gasteiger partial charge in [-0.2, -0.15) is 0 Å². The van der Waals surface area contributed by atoms with E-state index >= 15 is 0 Å². The highest BCUT2D eigenvalue weighted by Crippen LogP contribution is 2.26. The standard InChI is InChI=1S/C25H32N4O4/c1-25(2,3)24(33)27-21-10-9-19(15-20(21)23(31)32)29-13-11-28(12-14-29)17-22(30)26-16-18-7-5-4-6-8-18/h4-10,15H,11-14,16-17H2,1-3H3,(H,26,30)(H,27,33)(H,31,32). The van der Waals surface area contributed by atoms with E-state index in [1.54, 1.807) is 32.9 Å². The van der Waals surface area contributed by atoms with Crippen LogP contribution in [0, 0.1) is 5.41 Å². The predicted molar refractivity (Wildman–Crippen MR) is 128 cm³/mol. The van der Waals surface area contributed by atoms with Crippen LogP contribution in [0.15, 0.2) is 48.5 Å². The molecule has 3 N–H and O–H groups in total. The normalized spacial score (nSPS) is 14.6. The van der Waals surface area contributed by atoms with Crippen LogP contribution in [0.1, 0.15) is 36.7 Å². The lowest BCUT2D eigenvalue weighted by atomic mass is 9.95. The van der Waals surface area contributed by atoms with Crippen LogP contribution in [0.5, 0.6) is 0 Å². The fourth-order valence-corrected chi connectivity index (χ4v) is 3.54. The molecule has 33 heavy (non-hydrogen) atoms. The molecule has 3 rings (SSSR count). The smallest absolute Gasteiger partial charge is 0.337 e. The van der Waals surface area contributed by atoms with E-state index < -0.39 is 11.4 Å². The number of piperazine rings is 1. The molecule has 0 atom stereocenters. The van der Waals surface area contributed by atoms with Gasteiger partial charge >= 0.3 is 5.97 Å². The van der Waals surface area contributed by atoms with Gasteiger partial charge in [0.05, 0.1) is 17.8 Å². The Balaban J connectivity index is 1.55. The van der Waals surface area contributed by atoms with E-state index in [9.17, 15) is 19.5 Å². The quantitative estimate of drug-likeness (QED) is 0.597. The van der Waals surface area contributed by atoms with Crippen LogP contribution in [0.25, 0.3) is 0 Å². The van der Waals surface area contributed by atoms with Crippen molar-refractivity contribution in [2.45, 2.75) is 27.3 Å². The van der Waals surface area contributed by atoms with Gasteiger partial charge in [0.1, 0.15) is 0 Å².